The van der Waals surface area contributed by atoms with Crippen molar-refractivity contribution in [2.24, 2.45) is 5.92 Å². The molecule has 164 valence electrons. The molecule has 1 aromatic carbocycles. The normalized spacial score (nSPS) is 15.9. The van der Waals surface area contributed by atoms with Crippen molar-refractivity contribution in [3.8, 4) is 0 Å². The van der Waals surface area contributed by atoms with E-state index in [0.717, 1.165) is 35.8 Å². The molecule has 1 aliphatic rings. The molecule has 0 aliphatic carbocycles. The quantitative estimate of drug-likeness (QED) is 0.318. The Hall–Kier alpha value is -1.49. The van der Waals surface area contributed by atoms with Gasteiger partial charge in [0.05, 0.1) is 11.4 Å². The number of benzene rings is 1. The zero-order valence-corrected chi connectivity index (χ0v) is 19.8. The summed E-state index contributed by atoms with van der Waals surface area (Å²) in [6.45, 7) is 5.38. The van der Waals surface area contributed by atoms with Crippen LogP contribution < -0.4 is 5.32 Å². The zero-order valence-electron chi connectivity index (χ0n) is 17.3. The maximum atomic E-state index is 12.9. The number of ketones is 1. The number of nitrogens with zero attached hydrogens (tertiary/aromatic N) is 3. The van der Waals surface area contributed by atoms with E-state index in [-0.39, 0.29) is 17.2 Å². The van der Waals surface area contributed by atoms with Crippen molar-refractivity contribution in [3.63, 3.8) is 0 Å². The lowest BCUT2D eigenvalue weighted by Gasteiger charge is -2.29. The molecule has 0 unspecified atom stereocenters. The lowest BCUT2D eigenvalue weighted by molar-refractivity contribution is 0.101. The van der Waals surface area contributed by atoms with Gasteiger partial charge in [-0.15, -0.1) is 10.2 Å². The molecule has 1 saturated heterocycles. The molecule has 0 atom stereocenters. The number of thioether (sulfide) groups is 1. The SMILES string of the molecule is CCCCSc1nnc(NCC(=O)c2cccc(S(=O)(=O)N3CCC(C)CC3)c2)s1. The summed E-state index contributed by atoms with van der Waals surface area (Å²) in [6, 6.07) is 6.30. The summed E-state index contributed by atoms with van der Waals surface area (Å²) in [7, 11) is -3.58. The summed E-state index contributed by atoms with van der Waals surface area (Å²) in [6.07, 6.45) is 3.99. The van der Waals surface area contributed by atoms with Gasteiger partial charge in [-0.2, -0.15) is 4.31 Å². The van der Waals surface area contributed by atoms with Crippen molar-refractivity contribution in [1.29, 1.82) is 0 Å². The molecule has 0 amide bonds. The number of hydrogen-bond acceptors (Lipinski definition) is 8. The Morgan fingerprint density at radius 1 is 1.30 bits per heavy atom. The molecule has 1 N–H and O–H groups in total. The summed E-state index contributed by atoms with van der Waals surface area (Å²) in [5, 5.41) is 11.8. The fraction of sp³-hybridized carbons (Fsp3) is 0.550. The minimum absolute atomic E-state index is 0.0407. The number of sulfonamides is 1. The van der Waals surface area contributed by atoms with Crippen molar-refractivity contribution in [3.05, 3.63) is 29.8 Å². The van der Waals surface area contributed by atoms with E-state index in [4.69, 9.17) is 0 Å². The van der Waals surface area contributed by atoms with Gasteiger partial charge in [0, 0.05) is 24.4 Å². The maximum Gasteiger partial charge on any atom is 0.243 e. The molecule has 0 saturated carbocycles. The van der Waals surface area contributed by atoms with E-state index in [9.17, 15) is 13.2 Å². The number of aromatic nitrogens is 2. The first-order chi connectivity index (χ1) is 14.4. The molecular formula is C20H28N4O3S3. The third-order valence-corrected chi connectivity index (χ3v) is 9.06. The smallest absolute Gasteiger partial charge is 0.243 e. The average Bonchev–Trinajstić information content (AvgIpc) is 3.20. The van der Waals surface area contributed by atoms with Crippen molar-refractivity contribution < 1.29 is 13.2 Å². The van der Waals surface area contributed by atoms with Crippen LogP contribution >= 0.6 is 23.1 Å². The molecule has 0 bridgehead atoms. The predicted octanol–water partition coefficient (Wildman–Crippen LogP) is 4.15. The Balaban J connectivity index is 1.61. The van der Waals surface area contributed by atoms with Gasteiger partial charge in [0.2, 0.25) is 15.2 Å². The van der Waals surface area contributed by atoms with Crippen LogP contribution in [0.2, 0.25) is 0 Å². The zero-order chi connectivity index (χ0) is 21.6. The second-order valence-corrected chi connectivity index (χ2v) is 11.7. The number of hydrogen-bond donors (Lipinski definition) is 1. The molecule has 10 heteroatoms. The first kappa shape index (κ1) is 23.2. The Morgan fingerprint density at radius 2 is 2.07 bits per heavy atom. The van der Waals surface area contributed by atoms with Gasteiger partial charge in [0.1, 0.15) is 0 Å². The first-order valence-electron chi connectivity index (χ1n) is 10.2. The third-order valence-electron chi connectivity index (χ3n) is 5.07. The van der Waals surface area contributed by atoms with E-state index >= 15 is 0 Å². The van der Waals surface area contributed by atoms with E-state index in [1.807, 2.05) is 0 Å². The number of carbonyl (C=O) groups is 1. The molecule has 7 nitrogen and oxygen atoms in total. The van der Waals surface area contributed by atoms with Crippen LogP contribution in [0.4, 0.5) is 5.13 Å². The number of carbonyl (C=O) groups excluding carboxylic acids is 1. The second-order valence-electron chi connectivity index (χ2n) is 7.47. The van der Waals surface area contributed by atoms with Crippen LogP contribution in [0.1, 0.15) is 49.9 Å². The van der Waals surface area contributed by atoms with Gasteiger partial charge in [-0.3, -0.25) is 4.79 Å². The standard InChI is InChI=1S/C20H28N4O3S3/c1-3-4-12-28-20-23-22-19(29-20)21-14-18(25)16-6-5-7-17(13-16)30(26,27)24-10-8-15(2)9-11-24/h5-7,13,15H,3-4,8-12,14H2,1-2H3,(H,21,22). The van der Waals surface area contributed by atoms with Gasteiger partial charge in [-0.25, -0.2) is 8.42 Å². The lowest BCUT2D eigenvalue weighted by atomic mass is 10.0. The Bertz CT molecular complexity index is 954. The van der Waals surface area contributed by atoms with Crippen molar-refractivity contribution in [2.45, 2.75) is 48.8 Å². The fourth-order valence-corrected chi connectivity index (χ4v) is 6.52. The highest BCUT2D eigenvalue weighted by Crippen LogP contribution is 2.27. The lowest BCUT2D eigenvalue weighted by Crippen LogP contribution is -2.37. The number of nitrogens with one attached hydrogen (secondary N) is 1. The van der Waals surface area contributed by atoms with Gasteiger partial charge in [-0.05, 0) is 37.3 Å². The molecule has 0 radical (unpaired) electrons. The van der Waals surface area contributed by atoms with Crippen LogP contribution in [0.5, 0.6) is 0 Å². The van der Waals surface area contributed by atoms with Gasteiger partial charge in [-0.1, -0.05) is 55.5 Å². The third kappa shape index (κ3) is 6.03. The van der Waals surface area contributed by atoms with Crippen LogP contribution in [0, 0.1) is 5.92 Å². The van der Waals surface area contributed by atoms with Gasteiger partial charge in [0.25, 0.3) is 0 Å². The van der Waals surface area contributed by atoms with E-state index in [1.165, 1.54) is 21.7 Å². The number of rotatable bonds is 10. The number of unbranched alkanes of at least 4 members (excludes halogenated alkanes) is 1. The number of anilines is 1. The maximum absolute atomic E-state index is 12.9. The van der Waals surface area contributed by atoms with Gasteiger partial charge in [0.15, 0.2) is 10.1 Å². The summed E-state index contributed by atoms with van der Waals surface area (Å²) in [5.74, 6) is 1.36. The first-order valence-corrected chi connectivity index (χ1v) is 13.5. The second kappa shape index (κ2) is 10.7. The van der Waals surface area contributed by atoms with E-state index in [1.54, 1.807) is 30.0 Å². The summed E-state index contributed by atoms with van der Waals surface area (Å²) in [5.41, 5.74) is 0.371. The Morgan fingerprint density at radius 3 is 2.80 bits per heavy atom. The molecular weight excluding hydrogens is 440 g/mol. The van der Waals surface area contributed by atoms with E-state index in [0.29, 0.717) is 29.7 Å². The monoisotopic (exact) mass is 468 g/mol. The molecule has 2 aromatic rings. The van der Waals surface area contributed by atoms with Crippen LogP contribution in [-0.4, -0.2) is 54.1 Å². The molecule has 0 spiro atoms. The molecule has 2 heterocycles. The van der Waals surface area contributed by atoms with Gasteiger partial charge < -0.3 is 5.32 Å². The summed E-state index contributed by atoms with van der Waals surface area (Å²) in [4.78, 5) is 12.8. The van der Waals surface area contributed by atoms with Crippen molar-refractivity contribution in [1.82, 2.24) is 14.5 Å². The molecule has 3 rings (SSSR count). The van der Waals surface area contributed by atoms with Crippen LogP contribution in [-0.2, 0) is 10.0 Å². The Labute approximate surface area is 186 Å². The van der Waals surface area contributed by atoms with Gasteiger partial charge >= 0.3 is 0 Å². The molecule has 1 aromatic heterocycles. The van der Waals surface area contributed by atoms with Crippen LogP contribution in [0.3, 0.4) is 0 Å². The molecule has 1 fully saturated rings. The molecule has 1 aliphatic heterocycles. The highest BCUT2D eigenvalue weighted by molar-refractivity contribution is 8.01. The van der Waals surface area contributed by atoms with Crippen molar-refractivity contribution >= 4 is 44.0 Å². The predicted molar refractivity (Wildman–Crippen MR) is 122 cm³/mol. The molecule has 30 heavy (non-hydrogen) atoms. The van der Waals surface area contributed by atoms with Crippen molar-refractivity contribution in [2.75, 3.05) is 30.7 Å². The largest absolute Gasteiger partial charge is 0.353 e. The van der Waals surface area contributed by atoms with Crippen LogP contribution in [0.15, 0.2) is 33.5 Å². The van der Waals surface area contributed by atoms with Crippen LogP contribution in [0.25, 0.3) is 0 Å². The Kier molecular flexibility index (Phi) is 8.27. The minimum Gasteiger partial charge on any atom is -0.353 e. The average molecular weight is 469 g/mol. The number of Topliss-reactive ketones (excluding diaryl/α,β-unsaturated/α-hetero) is 1. The van der Waals surface area contributed by atoms with E-state index < -0.39 is 10.0 Å². The minimum atomic E-state index is -3.58. The van der Waals surface area contributed by atoms with E-state index in [2.05, 4.69) is 29.4 Å². The summed E-state index contributed by atoms with van der Waals surface area (Å²) < 4.78 is 28.3. The highest BCUT2D eigenvalue weighted by atomic mass is 32.2. The highest BCUT2D eigenvalue weighted by Gasteiger charge is 2.28. The summed E-state index contributed by atoms with van der Waals surface area (Å²) >= 11 is 3.09. The fourth-order valence-electron chi connectivity index (χ4n) is 3.11. The topological polar surface area (TPSA) is 92.3 Å². The number of piperidine rings is 1.